The maximum absolute atomic E-state index is 13.4. The lowest BCUT2D eigenvalue weighted by Gasteiger charge is -2.59. The van der Waals surface area contributed by atoms with Gasteiger partial charge in [-0.2, -0.15) is 0 Å². The van der Waals surface area contributed by atoms with Crippen LogP contribution in [0.25, 0.3) is 0 Å². The van der Waals surface area contributed by atoms with E-state index >= 15 is 0 Å². The lowest BCUT2D eigenvalue weighted by atomic mass is 9.46. The van der Waals surface area contributed by atoms with Crippen molar-refractivity contribution < 1.29 is 24.2 Å². The fourth-order valence-electron chi connectivity index (χ4n) is 8.45. The van der Waals surface area contributed by atoms with E-state index in [1.807, 2.05) is 31.7 Å². The molecule has 3 aliphatic carbocycles. The Morgan fingerprint density at radius 3 is 2.62 bits per heavy atom. The molecule has 3 saturated carbocycles. The van der Waals surface area contributed by atoms with Crippen LogP contribution in [0.15, 0.2) is 12.7 Å². The molecule has 0 spiro atoms. The number of nitrogens with two attached hydrogens (primary N) is 1. The van der Waals surface area contributed by atoms with Crippen molar-refractivity contribution in [2.24, 2.45) is 39.7 Å². The number of carbonyl (C=O) groups is 3. The van der Waals surface area contributed by atoms with Crippen LogP contribution < -0.4 is 5.73 Å². The Bertz CT molecular complexity index is 973. The Labute approximate surface area is 239 Å². The summed E-state index contributed by atoms with van der Waals surface area (Å²) in [6, 6.07) is -0.547. The lowest BCUT2D eigenvalue weighted by molar-refractivity contribution is -0.193. The molecule has 1 amide bonds. The number of ketones is 1. The highest BCUT2D eigenvalue weighted by Gasteiger charge is 2.66. The highest BCUT2D eigenvalue weighted by atomic mass is 32.2. The molecule has 0 aromatic heterocycles. The summed E-state index contributed by atoms with van der Waals surface area (Å²) >= 11 is 1.45. The summed E-state index contributed by atoms with van der Waals surface area (Å²) in [6.07, 6.45) is 7.88. The number of esters is 1. The van der Waals surface area contributed by atoms with Gasteiger partial charge in [-0.3, -0.25) is 14.4 Å². The van der Waals surface area contributed by atoms with E-state index < -0.39 is 29.1 Å². The van der Waals surface area contributed by atoms with Crippen molar-refractivity contribution in [3.8, 4) is 0 Å². The number of ether oxygens (including phenoxy) is 1. The number of amides is 1. The van der Waals surface area contributed by atoms with E-state index in [1.165, 1.54) is 11.8 Å². The van der Waals surface area contributed by atoms with E-state index in [0.717, 1.165) is 44.9 Å². The minimum Gasteiger partial charge on any atom is -0.461 e. The van der Waals surface area contributed by atoms with Gasteiger partial charge in [0.1, 0.15) is 11.9 Å². The number of rotatable bonds is 7. The van der Waals surface area contributed by atoms with Crippen LogP contribution in [0.4, 0.5) is 0 Å². The highest BCUT2D eigenvalue weighted by Crippen LogP contribution is 2.66. The number of carbonyl (C=O) groups excluding carboxylic acids is 3. The summed E-state index contributed by atoms with van der Waals surface area (Å²) < 4.78 is 6.32. The normalized spacial score (nSPS) is 41.4. The summed E-state index contributed by atoms with van der Waals surface area (Å²) in [5.41, 5.74) is 4.79. The van der Waals surface area contributed by atoms with E-state index in [0.29, 0.717) is 19.4 Å². The summed E-state index contributed by atoms with van der Waals surface area (Å²) in [4.78, 5) is 41.8. The summed E-state index contributed by atoms with van der Waals surface area (Å²) in [5, 5.41) is 11.5. The molecular weight excluding hydrogens is 512 g/mol. The second-order valence-corrected chi connectivity index (χ2v) is 14.8. The number of Topliss-reactive ketones (excluding diaryl/α,β-unsaturated/α-hetero) is 1. The molecule has 8 heteroatoms. The monoisotopic (exact) mass is 562 g/mol. The van der Waals surface area contributed by atoms with E-state index in [4.69, 9.17) is 10.5 Å². The van der Waals surface area contributed by atoms with E-state index in [1.54, 1.807) is 0 Å². The van der Waals surface area contributed by atoms with Gasteiger partial charge in [-0.15, -0.1) is 18.3 Å². The SMILES string of the molecule is C=C[C@]1(C)C[C@@H](OC(=O)CS[C@@H]2CCCCN2C(=O)[C@@H](N)C(C)C)[C@]2(C)CCCC3(CCC(=O)C32)[C@@H](C)C1O. The van der Waals surface area contributed by atoms with Crippen LogP contribution in [-0.4, -0.2) is 63.6 Å². The standard InChI is InChI=1S/C31H50N2O5S/c1-7-29(5)17-22(30(6)13-10-14-31(20(4)27(29)36)15-12-21(34)26(30)31)38-24(35)18-39-23-11-8-9-16-33(23)28(37)25(32)19(2)3/h7,19-20,22-23,25-27,36H,1,8-18,32H2,2-6H3/t20-,22+,23+,25-,26?,27?,29+,30-,31?/m0/s1. The molecule has 1 saturated heterocycles. The topological polar surface area (TPSA) is 110 Å². The Hall–Kier alpha value is -1.38. The molecule has 4 rings (SSSR count). The largest absolute Gasteiger partial charge is 0.461 e. The number of hydrogen-bond acceptors (Lipinski definition) is 7. The fourth-order valence-corrected chi connectivity index (χ4v) is 9.57. The maximum Gasteiger partial charge on any atom is 0.316 e. The maximum atomic E-state index is 13.4. The van der Waals surface area contributed by atoms with Gasteiger partial charge in [0.05, 0.1) is 23.3 Å². The van der Waals surface area contributed by atoms with Crippen LogP contribution in [-0.2, 0) is 19.1 Å². The molecule has 3 unspecified atom stereocenters. The minimum atomic E-state index is -0.673. The molecule has 3 N–H and O–H groups in total. The van der Waals surface area contributed by atoms with Gasteiger partial charge >= 0.3 is 5.97 Å². The van der Waals surface area contributed by atoms with E-state index in [2.05, 4.69) is 20.4 Å². The van der Waals surface area contributed by atoms with Gasteiger partial charge in [-0.1, -0.05) is 47.1 Å². The second kappa shape index (κ2) is 11.5. The van der Waals surface area contributed by atoms with Crippen molar-refractivity contribution in [1.29, 1.82) is 0 Å². The quantitative estimate of drug-likeness (QED) is 0.342. The van der Waals surface area contributed by atoms with Crippen LogP contribution in [0.1, 0.15) is 92.4 Å². The van der Waals surface area contributed by atoms with Crippen LogP contribution in [0, 0.1) is 34.0 Å². The fraction of sp³-hybridized carbons (Fsp3) is 0.839. The molecule has 4 fully saturated rings. The molecule has 1 heterocycles. The van der Waals surface area contributed by atoms with E-state index in [-0.39, 0.29) is 52.0 Å². The van der Waals surface area contributed by atoms with Gasteiger partial charge in [0.2, 0.25) is 5.91 Å². The van der Waals surface area contributed by atoms with Crippen LogP contribution in [0.3, 0.4) is 0 Å². The Morgan fingerprint density at radius 2 is 1.95 bits per heavy atom. The molecule has 1 aliphatic heterocycles. The third kappa shape index (κ3) is 5.34. The molecule has 0 aromatic rings. The first-order chi connectivity index (χ1) is 18.3. The van der Waals surface area contributed by atoms with Gasteiger partial charge in [0, 0.05) is 29.7 Å². The number of aliphatic hydroxyl groups excluding tert-OH is 1. The Kier molecular flexibility index (Phi) is 9.00. The predicted octanol–water partition coefficient (Wildman–Crippen LogP) is 4.70. The highest BCUT2D eigenvalue weighted by molar-refractivity contribution is 8.00. The Balaban J connectivity index is 1.54. The average molecular weight is 563 g/mol. The molecule has 39 heavy (non-hydrogen) atoms. The van der Waals surface area contributed by atoms with Crippen LogP contribution in [0.2, 0.25) is 0 Å². The summed E-state index contributed by atoms with van der Waals surface area (Å²) in [6.45, 7) is 14.9. The predicted molar refractivity (Wildman–Crippen MR) is 155 cm³/mol. The van der Waals surface area contributed by atoms with Crippen molar-refractivity contribution in [2.75, 3.05) is 12.3 Å². The molecule has 0 radical (unpaired) electrons. The van der Waals surface area contributed by atoms with Crippen molar-refractivity contribution in [3.63, 3.8) is 0 Å². The van der Waals surface area contributed by atoms with Gasteiger partial charge < -0.3 is 20.5 Å². The number of thioether (sulfide) groups is 1. The minimum absolute atomic E-state index is 0.0455. The van der Waals surface area contributed by atoms with Gasteiger partial charge in [0.15, 0.2) is 0 Å². The molecule has 0 aromatic carbocycles. The average Bonchev–Trinajstić information content (AvgIpc) is 3.28. The zero-order valence-electron chi connectivity index (χ0n) is 24.6. The van der Waals surface area contributed by atoms with Crippen molar-refractivity contribution in [2.45, 2.75) is 116 Å². The molecule has 7 nitrogen and oxygen atoms in total. The van der Waals surface area contributed by atoms with Crippen molar-refractivity contribution >= 4 is 29.4 Å². The molecule has 220 valence electrons. The molecule has 4 aliphatic rings. The third-order valence-corrected chi connectivity index (χ3v) is 12.3. The molecule has 9 atom stereocenters. The zero-order chi connectivity index (χ0) is 28.8. The smallest absolute Gasteiger partial charge is 0.316 e. The third-order valence-electron chi connectivity index (χ3n) is 11.0. The lowest BCUT2D eigenvalue weighted by Crippen LogP contribution is -2.60. The second-order valence-electron chi connectivity index (χ2n) is 13.7. The van der Waals surface area contributed by atoms with Gasteiger partial charge in [0.25, 0.3) is 0 Å². The number of hydrogen-bond donors (Lipinski definition) is 2. The number of aliphatic hydroxyl groups is 1. The van der Waals surface area contributed by atoms with Crippen LogP contribution >= 0.6 is 11.8 Å². The van der Waals surface area contributed by atoms with E-state index in [9.17, 15) is 19.5 Å². The summed E-state index contributed by atoms with van der Waals surface area (Å²) in [7, 11) is 0. The first kappa shape index (κ1) is 30.6. The Morgan fingerprint density at radius 1 is 1.23 bits per heavy atom. The first-order valence-corrected chi connectivity index (χ1v) is 16.1. The first-order valence-electron chi connectivity index (χ1n) is 15.0. The number of nitrogens with zero attached hydrogens (tertiary/aromatic N) is 1. The van der Waals surface area contributed by atoms with Gasteiger partial charge in [-0.05, 0) is 62.2 Å². The number of likely N-dealkylation sites (tertiary alicyclic amines) is 1. The van der Waals surface area contributed by atoms with Crippen molar-refractivity contribution in [3.05, 3.63) is 12.7 Å². The van der Waals surface area contributed by atoms with Gasteiger partial charge in [-0.25, -0.2) is 0 Å². The van der Waals surface area contributed by atoms with Crippen molar-refractivity contribution in [1.82, 2.24) is 4.90 Å². The number of piperidine rings is 1. The zero-order valence-corrected chi connectivity index (χ0v) is 25.4. The summed E-state index contributed by atoms with van der Waals surface area (Å²) in [5.74, 6) is -0.200. The molecule has 2 bridgehead atoms. The van der Waals surface area contributed by atoms with Crippen LogP contribution in [0.5, 0.6) is 0 Å². The molecular formula is C31H50N2O5S.